The number of pyridine rings is 1. The standard InChI is InChI=1S/C20H26N4/c1-2-6-15(7-3-1)12-22-18-9-4-10-19-17(18)14-23-20(24-19)16-8-5-11-21-13-16/h5,8,11,13-15,18,22H,1-4,6-7,9-10,12H2/t18-/m1/s1. The first-order valence-electron chi connectivity index (χ1n) is 9.40. The molecular formula is C20H26N4. The van der Waals surface area contributed by atoms with Crippen molar-refractivity contribution in [3.63, 3.8) is 0 Å². The fraction of sp³-hybridized carbons (Fsp3) is 0.550. The van der Waals surface area contributed by atoms with Gasteiger partial charge in [-0.15, -0.1) is 0 Å². The molecule has 1 fully saturated rings. The maximum Gasteiger partial charge on any atom is 0.160 e. The Balaban J connectivity index is 1.48. The van der Waals surface area contributed by atoms with Crippen LogP contribution in [0.15, 0.2) is 30.7 Å². The van der Waals surface area contributed by atoms with Crippen LogP contribution in [0.4, 0.5) is 0 Å². The van der Waals surface area contributed by atoms with E-state index in [1.54, 1.807) is 6.20 Å². The molecule has 2 aromatic heterocycles. The lowest BCUT2D eigenvalue weighted by molar-refractivity contribution is 0.318. The molecule has 1 saturated carbocycles. The Morgan fingerprint density at radius 1 is 1.04 bits per heavy atom. The highest BCUT2D eigenvalue weighted by Crippen LogP contribution is 2.30. The Kier molecular flexibility index (Phi) is 4.83. The molecule has 2 aromatic rings. The molecule has 0 amide bonds. The van der Waals surface area contributed by atoms with Gasteiger partial charge in [0.05, 0.1) is 0 Å². The summed E-state index contributed by atoms with van der Waals surface area (Å²) >= 11 is 0. The van der Waals surface area contributed by atoms with Crippen LogP contribution in [-0.2, 0) is 6.42 Å². The molecular weight excluding hydrogens is 296 g/mol. The van der Waals surface area contributed by atoms with Gasteiger partial charge in [0, 0.05) is 41.5 Å². The van der Waals surface area contributed by atoms with E-state index in [1.165, 1.54) is 56.2 Å². The smallest absolute Gasteiger partial charge is 0.160 e. The fourth-order valence-corrected chi connectivity index (χ4v) is 4.09. The van der Waals surface area contributed by atoms with Crippen molar-refractivity contribution in [3.05, 3.63) is 42.0 Å². The molecule has 1 N–H and O–H groups in total. The van der Waals surface area contributed by atoms with Crippen molar-refractivity contribution in [2.75, 3.05) is 6.54 Å². The highest BCUT2D eigenvalue weighted by atomic mass is 15.0. The first-order chi connectivity index (χ1) is 11.9. The van der Waals surface area contributed by atoms with Crippen LogP contribution in [0.3, 0.4) is 0 Å². The molecule has 4 nitrogen and oxygen atoms in total. The van der Waals surface area contributed by atoms with Gasteiger partial charge in [0.25, 0.3) is 0 Å². The third kappa shape index (κ3) is 3.48. The predicted octanol–water partition coefficient (Wildman–Crippen LogP) is 4.09. The molecule has 0 unspecified atom stereocenters. The van der Waals surface area contributed by atoms with Gasteiger partial charge in [0.1, 0.15) is 0 Å². The quantitative estimate of drug-likeness (QED) is 0.921. The van der Waals surface area contributed by atoms with Crippen molar-refractivity contribution in [2.24, 2.45) is 5.92 Å². The molecule has 0 bridgehead atoms. The van der Waals surface area contributed by atoms with E-state index in [4.69, 9.17) is 4.98 Å². The molecule has 4 heteroatoms. The van der Waals surface area contributed by atoms with Crippen LogP contribution in [-0.4, -0.2) is 21.5 Å². The van der Waals surface area contributed by atoms with Crippen LogP contribution in [0.1, 0.15) is 62.2 Å². The van der Waals surface area contributed by atoms with Gasteiger partial charge in [-0.2, -0.15) is 0 Å². The molecule has 2 heterocycles. The molecule has 0 aliphatic heterocycles. The van der Waals surface area contributed by atoms with Gasteiger partial charge < -0.3 is 5.32 Å². The minimum Gasteiger partial charge on any atom is -0.310 e. The summed E-state index contributed by atoms with van der Waals surface area (Å²) in [5, 5.41) is 3.81. The van der Waals surface area contributed by atoms with E-state index in [9.17, 15) is 0 Å². The van der Waals surface area contributed by atoms with Crippen LogP contribution in [0.5, 0.6) is 0 Å². The van der Waals surface area contributed by atoms with E-state index in [0.717, 1.165) is 30.3 Å². The second kappa shape index (κ2) is 7.39. The highest BCUT2D eigenvalue weighted by molar-refractivity contribution is 5.53. The van der Waals surface area contributed by atoms with Crippen LogP contribution >= 0.6 is 0 Å². The summed E-state index contributed by atoms with van der Waals surface area (Å²) < 4.78 is 0. The van der Waals surface area contributed by atoms with Gasteiger partial charge >= 0.3 is 0 Å². The van der Waals surface area contributed by atoms with Crippen molar-refractivity contribution in [3.8, 4) is 11.4 Å². The summed E-state index contributed by atoms with van der Waals surface area (Å²) in [6, 6.07) is 4.39. The van der Waals surface area contributed by atoms with Gasteiger partial charge in [0.15, 0.2) is 5.82 Å². The average molecular weight is 322 g/mol. The summed E-state index contributed by atoms with van der Waals surface area (Å²) in [6.45, 7) is 1.15. The second-order valence-corrected chi connectivity index (χ2v) is 7.19. The summed E-state index contributed by atoms with van der Waals surface area (Å²) in [6.07, 6.45) is 16.2. The van der Waals surface area contributed by atoms with Gasteiger partial charge in [-0.05, 0) is 56.7 Å². The zero-order valence-corrected chi connectivity index (χ0v) is 14.2. The van der Waals surface area contributed by atoms with E-state index in [2.05, 4.69) is 15.3 Å². The Morgan fingerprint density at radius 3 is 2.79 bits per heavy atom. The topological polar surface area (TPSA) is 50.7 Å². The molecule has 1 atom stereocenters. The Hall–Kier alpha value is -1.81. The monoisotopic (exact) mass is 322 g/mol. The van der Waals surface area contributed by atoms with E-state index in [1.807, 2.05) is 24.5 Å². The molecule has 0 spiro atoms. The lowest BCUT2D eigenvalue weighted by Crippen LogP contribution is -2.31. The number of hydrogen-bond donors (Lipinski definition) is 1. The van der Waals surface area contributed by atoms with E-state index < -0.39 is 0 Å². The minimum absolute atomic E-state index is 0.429. The van der Waals surface area contributed by atoms with Crippen molar-refractivity contribution in [1.82, 2.24) is 20.3 Å². The summed E-state index contributed by atoms with van der Waals surface area (Å²) in [4.78, 5) is 13.6. The average Bonchev–Trinajstić information content (AvgIpc) is 2.67. The molecule has 0 saturated heterocycles. The minimum atomic E-state index is 0.429. The van der Waals surface area contributed by atoms with E-state index in [0.29, 0.717) is 6.04 Å². The van der Waals surface area contributed by atoms with Crippen LogP contribution in [0.2, 0.25) is 0 Å². The molecule has 126 valence electrons. The highest BCUT2D eigenvalue weighted by Gasteiger charge is 2.23. The maximum absolute atomic E-state index is 4.84. The summed E-state index contributed by atoms with van der Waals surface area (Å²) in [7, 11) is 0. The molecule has 2 aliphatic carbocycles. The first-order valence-corrected chi connectivity index (χ1v) is 9.40. The predicted molar refractivity (Wildman–Crippen MR) is 95.5 cm³/mol. The molecule has 0 radical (unpaired) electrons. The third-order valence-electron chi connectivity index (χ3n) is 5.48. The van der Waals surface area contributed by atoms with E-state index >= 15 is 0 Å². The Bertz CT molecular complexity index is 665. The lowest BCUT2D eigenvalue weighted by Gasteiger charge is -2.29. The number of fused-ring (bicyclic) bond motifs is 1. The van der Waals surface area contributed by atoms with Crippen LogP contribution < -0.4 is 5.32 Å². The lowest BCUT2D eigenvalue weighted by atomic mass is 9.87. The Labute approximate surface area is 144 Å². The number of rotatable bonds is 4. The van der Waals surface area contributed by atoms with E-state index in [-0.39, 0.29) is 0 Å². The molecule has 24 heavy (non-hydrogen) atoms. The van der Waals surface area contributed by atoms with Gasteiger partial charge in [0.2, 0.25) is 0 Å². The SMILES string of the molecule is c1cncc(-c2ncc3c(n2)CCC[C@H]3NCC2CCCCC2)c1. The number of hydrogen-bond acceptors (Lipinski definition) is 4. The molecule has 2 aliphatic rings. The molecule has 0 aromatic carbocycles. The first kappa shape index (κ1) is 15.7. The van der Waals surface area contributed by atoms with Gasteiger partial charge in [-0.1, -0.05) is 19.3 Å². The second-order valence-electron chi connectivity index (χ2n) is 7.19. The normalized spacial score (nSPS) is 21.4. The van der Waals surface area contributed by atoms with Crippen molar-refractivity contribution < 1.29 is 0 Å². The number of aryl methyl sites for hydroxylation is 1. The Morgan fingerprint density at radius 2 is 1.96 bits per heavy atom. The number of nitrogens with zero attached hydrogens (tertiary/aromatic N) is 3. The largest absolute Gasteiger partial charge is 0.310 e. The van der Waals surface area contributed by atoms with Crippen LogP contribution in [0.25, 0.3) is 11.4 Å². The van der Waals surface area contributed by atoms with Crippen molar-refractivity contribution >= 4 is 0 Å². The van der Waals surface area contributed by atoms with Crippen LogP contribution in [0, 0.1) is 5.92 Å². The van der Waals surface area contributed by atoms with Crippen molar-refractivity contribution in [2.45, 2.75) is 57.4 Å². The summed E-state index contributed by atoms with van der Waals surface area (Å²) in [5.41, 5.74) is 3.53. The third-order valence-corrected chi connectivity index (χ3v) is 5.48. The molecule has 4 rings (SSSR count). The van der Waals surface area contributed by atoms with Gasteiger partial charge in [-0.25, -0.2) is 9.97 Å². The summed E-state index contributed by atoms with van der Waals surface area (Å²) in [5.74, 6) is 1.66. The zero-order valence-electron chi connectivity index (χ0n) is 14.2. The number of aromatic nitrogens is 3. The van der Waals surface area contributed by atoms with Gasteiger partial charge in [-0.3, -0.25) is 4.98 Å². The zero-order chi connectivity index (χ0) is 16.2. The fourth-order valence-electron chi connectivity index (χ4n) is 4.09. The maximum atomic E-state index is 4.84. The van der Waals surface area contributed by atoms with Crippen molar-refractivity contribution in [1.29, 1.82) is 0 Å². The number of nitrogens with one attached hydrogen (secondary N) is 1.